The fourth-order valence-electron chi connectivity index (χ4n) is 3.17. The van der Waals surface area contributed by atoms with Crippen molar-refractivity contribution in [3.05, 3.63) is 56.8 Å². The number of halogens is 1. The van der Waals surface area contributed by atoms with E-state index in [0.29, 0.717) is 0 Å². The molecule has 0 saturated heterocycles. The van der Waals surface area contributed by atoms with Crippen LogP contribution < -0.4 is 10.6 Å². The fraction of sp³-hybridized carbons (Fsp3) is 0.348. The van der Waals surface area contributed by atoms with Crippen LogP contribution >= 0.6 is 15.9 Å². The van der Waals surface area contributed by atoms with Crippen molar-refractivity contribution < 1.29 is 9.59 Å². The van der Waals surface area contributed by atoms with Crippen LogP contribution in [0.4, 0.5) is 5.69 Å². The van der Waals surface area contributed by atoms with Gasteiger partial charge in [0.05, 0.1) is 0 Å². The highest BCUT2D eigenvalue weighted by atomic mass is 79.9. The van der Waals surface area contributed by atoms with Crippen LogP contribution in [0.3, 0.4) is 0 Å². The van der Waals surface area contributed by atoms with Crippen LogP contribution in [-0.4, -0.2) is 22.9 Å². The zero-order valence-electron chi connectivity index (χ0n) is 17.8. The number of hydrogen-bond donors (Lipinski definition) is 2. The van der Waals surface area contributed by atoms with Crippen molar-refractivity contribution in [3.8, 4) is 6.07 Å². The largest absolute Gasteiger partial charge is 0.351 e. The lowest BCUT2D eigenvalue weighted by atomic mass is 10.1. The second kappa shape index (κ2) is 10.8. The number of rotatable bonds is 8. The van der Waals surface area contributed by atoms with Gasteiger partial charge in [-0.05, 0) is 62.6 Å². The van der Waals surface area contributed by atoms with Crippen LogP contribution in [0.25, 0.3) is 6.08 Å². The summed E-state index contributed by atoms with van der Waals surface area (Å²) in [5.74, 6) is -0.689. The highest BCUT2D eigenvalue weighted by Gasteiger charge is 2.13. The Morgan fingerprint density at radius 3 is 2.63 bits per heavy atom. The third-order valence-electron chi connectivity index (χ3n) is 4.84. The van der Waals surface area contributed by atoms with Crippen LogP contribution in [0, 0.1) is 32.1 Å². The number of nitrogens with zero attached hydrogens (tertiary/aromatic N) is 2. The van der Waals surface area contributed by atoms with Gasteiger partial charge in [-0.15, -0.1) is 0 Å². The van der Waals surface area contributed by atoms with Gasteiger partial charge in [-0.25, -0.2) is 0 Å². The molecule has 0 saturated carbocycles. The van der Waals surface area contributed by atoms with Crippen LogP contribution in [-0.2, 0) is 16.1 Å². The number of aromatic nitrogens is 1. The van der Waals surface area contributed by atoms with Crippen molar-refractivity contribution in [1.29, 1.82) is 5.26 Å². The van der Waals surface area contributed by atoms with Gasteiger partial charge in [0.25, 0.3) is 5.91 Å². The van der Waals surface area contributed by atoms with Crippen LogP contribution in [0.2, 0.25) is 0 Å². The summed E-state index contributed by atoms with van der Waals surface area (Å²) in [5, 5.41) is 14.9. The van der Waals surface area contributed by atoms with E-state index in [-0.39, 0.29) is 24.4 Å². The molecule has 2 aromatic rings. The molecule has 30 heavy (non-hydrogen) atoms. The Kier molecular flexibility index (Phi) is 8.43. The third-order valence-corrected chi connectivity index (χ3v) is 5.33. The number of benzene rings is 1. The predicted molar refractivity (Wildman–Crippen MR) is 123 cm³/mol. The van der Waals surface area contributed by atoms with Gasteiger partial charge < -0.3 is 15.2 Å². The molecule has 0 fully saturated rings. The van der Waals surface area contributed by atoms with E-state index in [1.165, 1.54) is 0 Å². The number of nitrogens with one attached hydrogen (secondary N) is 2. The van der Waals surface area contributed by atoms with Gasteiger partial charge in [-0.3, -0.25) is 9.59 Å². The summed E-state index contributed by atoms with van der Waals surface area (Å²) >= 11 is 3.38. The van der Waals surface area contributed by atoms with Gasteiger partial charge in [-0.1, -0.05) is 28.9 Å². The Labute approximate surface area is 186 Å². The molecule has 158 valence electrons. The number of amides is 2. The van der Waals surface area contributed by atoms with Crippen LogP contribution in [0.1, 0.15) is 42.3 Å². The maximum absolute atomic E-state index is 12.4. The van der Waals surface area contributed by atoms with Gasteiger partial charge in [-0.2, -0.15) is 5.26 Å². The van der Waals surface area contributed by atoms with E-state index in [2.05, 4.69) is 38.1 Å². The summed E-state index contributed by atoms with van der Waals surface area (Å²) in [6.45, 7) is 9.05. The molecule has 0 bridgehead atoms. The molecule has 1 aromatic carbocycles. The minimum Gasteiger partial charge on any atom is -0.351 e. The number of carbonyl (C=O) groups is 2. The number of hydrogen-bond acceptors (Lipinski definition) is 3. The highest BCUT2D eigenvalue weighted by Crippen LogP contribution is 2.21. The fourth-order valence-corrected chi connectivity index (χ4v) is 3.53. The zero-order chi connectivity index (χ0) is 22.3. The molecule has 0 radical (unpaired) electrons. The van der Waals surface area contributed by atoms with E-state index in [9.17, 15) is 14.9 Å². The van der Waals surface area contributed by atoms with E-state index in [4.69, 9.17) is 0 Å². The second-order valence-electron chi connectivity index (χ2n) is 7.16. The van der Waals surface area contributed by atoms with Gasteiger partial charge >= 0.3 is 0 Å². The smallest absolute Gasteiger partial charge is 0.261 e. The number of nitriles is 1. The summed E-state index contributed by atoms with van der Waals surface area (Å²) < 4.78 is 3.05. The average molecular weight is 471 g/mol. The van der Waals surface area contributed by atoms with Crippen molar-refractivity contribution in [2.24, 2.45) is 0 Å². The summed E-state index contributed by atoms with van der Waals surface area (Å²) in [6, 6.07) is 9.58. The van der Waals surface area contributed by atoms with Crippen molar-refractivity contribution in [1.82, 2.24) is 9.88 Å². The molecule has 2 amide bonds. The first-order chi connectivity index (χ1) is 14.3. The molecule has 6 nitrogen and oxygen atoms in total. The minimum atomic E-state index is -0.482. The molecular formula is C23H27BrN4O2. The Balaban J connectivity index is 1.97. The molecule has 1 aromatic heterocycles. The average Bonchev–Trinajstić information content (AvgIpc) is 2.96. The lowest BCUT2D eigenvalue weighted by molar-refractivity contribution is -0.117. The third kappa shape index (κ3) is 6.07. The van der Waals surface area contributed by atoms with Crippen molar-refractivity contribution >= 4 is 39.5 Å². The molecular weight excluding hydrogens is 444 g/mol. The standard InChI is InChI=1S/C23H27BrN4O2/c1-5-10-28-16(3)11-18(17(28)4)12-19(14-25)23(30)26-9-8-22(29)27-21-13-20(24)7-6-15(21)2/h6-7,11-13H,5,8-10H2,1-4H3,(H,26,30)(H,27,29)/b19-12-. The molecule has 0 atom stereocenters. The minimum absolute atomic E-state index is 0.0231. The lowest BCUT2D eigenvalue weighted by Crippen LogP contribution is -2.28. The van der Waals surface area contributed by atoms with E-state index >= 15 is 0 Å². The van der Waals surface area contributed by atoms with Gasteiger partial charge in [0, 0.05) is 41.1 Å². The molecule has 0 aliphatic rings. The predicted octanol–water partition coefficient (Wildman–Crippen LogP) is 4.64. The number of carbonyl (C=O) groups excluding carboxylic acids is 2. The number of anilines is 1. The van der Waals surface area contributed by atoms with E-state index in [0.717, 1.165) is 45.6 Å². The molecule has 1 heterocycles. The maximum Gasteiger partial charge on any atom is 0.261 e. The van der Waals surface area contributed by atoms with E-state index in [1.54, 1.807) is 6.08 Å². The monoisotopic (exact) mass is 470 g/mol. The number of aryl methyl sites for hydroxylation is 2. The first kappa shape index (κ1) is 23.4. The molecule has 0 aliphatic carbocycles. The quantitative estimate of drug-likeness (QED) is 0.435. The normalized spacial score (nSPS) is 11.1. The SMILES string of the molecule is CCCn1c(C)cc(/C=C(/C#N)C(=O)NCCC(=O)Nc2cc(Br)ccc2C)c1C. The van der Waals surface area contributed by atoms with Crippen LogP contribution in [0.15, 0.2) is 34.3 Å². The Bertz CT molecular complexity index is 1010. The molecule has 0 unspecified atom stereocenters. The highest BCUT2D eigenvalue weighted by molar-refractivity contribution is 9.10. The molecule has 0 aliphatic heterocycles. The topological polar surface area (TPSA) is 86.9 Å². The molecule has 7 heteroatoms. The van der Waals surface area contributed by atoms with Crippen molar-refractivity contribution in [2.45, 2.75) is 47.1 Å². The molecule has 0 spiro atoms. The van der Waals surface area contributed by atoms with Crippen molar-refractivity contribution in [3.63, 3.8) is 0 Å². The Morgan fingerprint density at radius 2 is 1.97 bits per heavy atom. The van der Waals surface area contributed by atoms with E-state index < -0.39 is 5.91 Å². The summed E-state index contributed by atoms with van der Waals surface area (Å²) in [7, 11) is 0. The molecule has 2 N–H and O–H groups in total. The zero-order valence-corrected chi connectivity index (χ0v) is 19.4. The Hall–Kier alpha value is -2.85. The van der Waals surface area contributed by atoms with Crippen LogP contribution in [0.5, 0.6) is 0 Å². The maximum atomic E-state index is 12.4. The van der Waals surface area contributed by atoms with Crippen molar-refractivity contribution in [2.75, 3.05) is 11.9 Å². The van der Waals surface area contributed by atoms with Gasteiger partial charge in [0.2, 0.25) is 5.91 Å². The molecule has 2 rings (SSSR count). The summed E-state index contributed by atoms with van der Waals surface area (Å²) in [4.78, 5) is 24.6. The van der Waals surface area contributed by atoms with Gasteiger partial charge in [0.15, 0.2) is 0 Å². The van der Waals surface area contributed by atoms with E-state index in [1.807, 2.05) is 51.1 Å². The summed E-state index contributed by atoms with van der Waals surface area (Å²) in [6.07, 6.45) is 2.72. The first-order valence-corrected chi connectivity index (χ1v) is 10.7. The first-order valence-electron chi connectivity index (χ1n) is 9.89. The van der Waals surface area contributed by atoms with Gasteiger partial charge in [0.1, 0.15) is 11.6 Å². The second-order valence-corrected chi connectivity index (χ2v) is 8.08. The Morgan fingerprint density at radius 1 is 1.23 bits per heavy atom. The lowest BCUT2D eigenvalue weighted by Gasteiger charge is -2.09. The summed E-state index contributed by atoms with van der Waals surface area (Å²) in [5.41, 5.74) is 4.67.